The molecule has 1 aromatic carbocycles. The Morgan fingerprint density at radius 1 is 1.35 bits per heavy atom. The lowest BCUT2D eigenvalue weighted by atomic mass is 9.88. The molecule has 0 aliphatic carbocycles. The lowest BCUT2D eigenvalue weighted by Crippen LogP contribution is -2.09. The van der Waals surface area contributed by atoms with E-state index in [1.807, 2.05) is 18.2 Å². The minimum Gasteiger partial charge on any atom is -0.493 e. The van der Waals surface area contributed by atoms with Gasteiger partial charge in [0, 0.05) is 18.4 Å². The van der Waals surface area contributed by atoms with Crippen LogP contribution in [0.5, 0.6) is 5.75 Å². The number of carbonyl (C=O) groups is 1. The van der Waals surface area contributed by atoms with E-state index in [0.29, 0.717) is 6.42 Å². The molecule has 0 atom stereocenters. The molecule has 1 heterocycles. The molecule has 0 spiro atoms. The van der Waals surface area contributed by atoms with E-state index in [1.54, 1.807) is 0 Å². The summed E-state index contributed by atoms with van der Waals surface area (Å²) in [6, 6.07) is 5.80. The van der Waals surface area contributed by atoms with Crippen molar-refractivity contribution in [2.75, 3.05) is 6.61 Å². The van der Waals surface area contributed by atoms with Crippen molar-refractivity contribution in [3.05, 3.63) is 29.3 Å². The average Bonchev–Trinajstić information content (AvgIpc) is 2.71. The maximum absolute atomic E-state index is 12.1. The smallest absolute Gasteiger partial charge is 0.162 e. The molecule has 0 bridgehead atoms. The number of ketones is 1. The average molecular weight is 232 g/mol. The van der Waals surface area contributed by atoms with Crippen LogP contribution in [0, 0.1) is 5.41 Å². The zero-order valence-electron chi connectivity index (χ0n) is 10.9. The molecule has 17 heavy (non-hydrogen) atoms. The fraction of sp³-hybridized carbons (Fsp3) is 0.533. The number of Topliss-reactive ketones (excluding diaryl/α,β-unsaturated/α-hetero) is 1. The summed E-state index contributed by atoms with van der Waals surface area (Å²) in [5.41, 5.74) is 2.22. The molecular formula is C15H20O2. The van der Waals surface area contributed by atoms with Gasteiger partial charge in [-0.05, 0) is 35.6 Å². The second-order valence-corrected chi connectivity index (χ2v) is 5.90. The van der Waals surface area contributed by atoms with Gasteiger partial charge < -0.3 is 4.74 Å². The minimum atomic E-state index is 0.218. The van der Waals surface area contributed by atoms with Crippen LogP contribution in [0.3, 0.4) is 0 Å². The minimum absolute atomic E-state index is 0.218. The molecule has 1 aliphatic heterocycles. The highest BCUT2D eigenvalue weighted by molar-refractivity contribution is 5.96. The summed E-state index contributed by atoms with van der Waals surface area (Å²) in [5, 5.41) is 0. The highest BCUT2D eigenvalue weighted by Crippen LogP contribution is 2.27. The van der Waals surface area contributed by atoms with E-state index in [-0.39, 0.29) is 11.2 Å². The highest BCUT2D eigenvalue weighted by Gasteiger charge is 2.17. The Hall–Kier alpha value is -1.31. The van der Waals surface area contributed by atoms with Crippen molar-refractivity contribution in [3.63, 3.8) is 0 Å². The fourth-order valence-corrected chi connectivity index (χ4v) is 1.99. The van der Waals surface area contributed by atoms with Crippen LogP contribution in [0.1, 0.15) is 49.5 Å². The zero-order valence-corrected chi connectivity index (χ0v) is 10.9. The first-order chi connectivity index (χ1) is 7.96. The van der Waals surface area contributed by atoms with E-state index in [0.717, 1.165) is 30.8 Å². The van der Waals surface area contributed by atoms with Crippen LogP contribution in [0.15, 0.2) is 18.2 Å². The van der Waals surface area contributed by atoms with Gasteiger partial charge in [0.15, 0.2) is 5.78 Å². The Morgan fingerprint density at radius 3 is 2.82 bits per heavy atom. The zero-order chi connectivity index (χ0) is 12.5. The van der Waals surface area contributed by atoms with Crippen LogP contribution in [-0.2, 0) is 6.42 Å². The van der Waals surface area contributed by atoms with Crippen molar-refractivity contribution in [1.29, 1.82) is 0 Å². The summed E-state index contributed by atoms with van der Waals surface area (Å²) in [6.45, 7) is 7.24. The molecule has 1 aliphatic rings. The van der Waals surface area contributed by atoms with Gasteiger partial charge >= 0.3 is 0 Å². The third-order valence-electron chi connectivity index (χ3n) is 3.11. The molecule has 0 radical (unpaired) electrons. The van der Waals surface area contributed by atoms with Gasteiger partial charge in [-0.25, -0.2) is 0 Å². The molecule has 0 aromatic heterocycles. The molecule has 0 saturated heterocycles. The second-order valence-electron chi connectivity index (χ2n) is 5.90. The molecule has 92 valence electrons. The second kappa shape index (κ2) is 4.52. The van der Waals surface area contributed by atoms with Gasteiger partial charge in [-0.15, -0.1) is 0 Å². The molecule has 0 unspecified atom stereocenters. The number of hydrogen-bond acceptors (Lipinski definition) is 2. The highest BCUT2D eigenvalue weighted by atomic mass is 16.5. The van der Waals surface area contributed by atoms with Crippen LogP contribution in [0.25, 0.3) is 0 Å². The van der Waals surface area contributed by atoms with Gasteiger partial charge in [-0.2, -0.15) is 0 Å². The third-order valence-corrected chi connectivity index (χ3v) is 3.11. The van der Waals surface area contributed by atoms with Gasteiger partial charge in [0.05, 0.1) is 6.61 Å². The Morgan fingerprint density at radius 2 is 2.12 bits per heavy atom. The number of rotatable bonds is 3. The van der Waals surface area contributed by atoms with Gasteiger partial charge in [-0.1, -0.05) is 20.8 Å². The maximum Gasteiger partial charge on any atom is 0.162 e. The maximum atomic E-state index is 12.1. The van der Waals surface area contributed by atoms with E-state index in [1.165, 1.54) is 5.56 Å². The molecular weight excluding hydrogens is 212 g/mol. The SMILES string of the molecule is CC(C)(C)CCC(=O)c1ccc2c(c1)CCO2. The van der Waals surface area contributed by atoms with Gasteiger partial charge in [0.25, 0.3) is 0 Å². The normalized spacial score (nSPS) is 14.3. The van der Waals surface area contributed by atoms with Crippen LogP contribution in [-0.4, -0.2) is 12.4 Å². The van der Waals surface area contributed by atoms with Crippen molar-refractivity contribution in [2.45, 2.75) is 40.0 Å². The van der Waals surface area contributed by atoms with Gasteiger partial charge in [0.1, 0.15) is 5.75 Å². The lowest BCUT2D eigenvalue weighted by Gasteiger charge is -2.17. The summed E-state index contributed by atoms with van der Waals surface area (Å²) in [5.74, 6) is 1.19. The summed E-state index contributed by atoms with van der Waals surface area (Å²) in [7, 11) is 0. The van der Waals surface area contributed by atoms with E-state index >= 15 is 0 Å². The van der Waals surface area contributed by atoms with E-state index in [9.17, 15) is 4.79 Å². The standard InChI is InChI=1S/C15H20O2/c1-15(2,3)8-6-13(16)11-4-5-14-12(10-11)7-9-17-14/h4-5,10H,6-9H2,1-3H3. The predicted octanol–water partition coefficient (Wildman–Crippen LogP) is 3.63. The van der Waals surface area contributed by atoms with Crippen LogP contribution < -0.4 is 4.74 Å². The number of fused-ring (bicyclic) bond motifs is 1. The Kier molecular flexibility index (Phi) is 3.23. The first-order valence-electron chi connectivity index (χ1n) is 6.25. The summed E-state index contributed by atoms with van der Waals surface area (Å²) < 4.78 is 5.44. The van der Waals surface area contributed by atoms with Crippen molar-refractivity contribution in [3.8, 4) is 5.75 Å². The largest absolute Gasteiger partial charge is 0.493 e. The van der Waals surface area contributed by atoms with Gasteiger partial charge in [-0.3, -0.25) is 4.79 Å². The molecule has 0 fully saturated rings. The fourth-order valence-electron chi connectivity index (χ4n) is 1.99. The van der Waals surface area contributed by atoms with Crippen molar-refractivity contribution >= 4 is 5.78 Å². The number of hydrogen-bond donors (Lipinski definition) is 0. The summed E-state index contributed by atoms with van der Waals surface area (Å²) in [4.78, 5) is 12.1. The van der Waals surface area contributed by atoms with Crippen LogP contribution in [0.4, 0.5) is 0 Å². The lowest BCUT2D eigenvalue weighted by molar-refractivity contribution is 0.0966. The Labute approximate surface area is 103 Å². The molecule has 2 nitrogen and oxygen atoms in total. The predicted molar refractivity (Wildman–Crippen MR) is 68.7 cm³/mol. The Balaban J connectivity index is 2.05. The number of carbonyl (C=O) groups excluding carboxylic acids is 1. The molecule has 0 N–H and O–H groups in total. The van der Waals surface area contributed by atoms with Crippen molar-refractivity contribution in [2.24, 2.45) is 5.41 Å². The van der Waals surface area contributed by atoms with Crippen molar-refractivity contribution in [1.82, 2.24) is 0 Å². The molecule has 0 saturated carbocycles. The first-order valence-corrected chi connectivity index (χ1v) is 6.25. The topological polar surface area (TPSA) is 26.3 Å². The van der Waals surface area contributed by atoms with E-state index in [2.05, 4.69) is 20.8 Å². The van der Waals surface area contributed by atoms with Crippen LogP contribution in [0.2, 0.25) is 0 Å². The quantitative estimate of drug-likeness (QED) is 0.744. The summed E-state index contributed by atoms with van der Waals surface area (Å²) in [6.07, 6.45) is 2.48. The Bertz CT molecular complexity index is 427. The van der Waals surface area contributed by atoms with Gasteiger partial charge in [0.2, 0.25) is 0 Å². The third kappa shape index (κ3) is 3.09. The number of ether oxygens (including phenoxy) is 1. The summed E-state index contributed by atoms with van der Waals surface area (Å²) >= 11 is 0. The van der Waals surface area contributed by atoms with Crippen molar-refractivity contribution < 1.29 is 9.53 Å². The monoisotopic (exact) mass is 232 g/mol. The van der Waals surface area contributed by atoms with E-state index in [4.69, 9.17) is 4.74 Å². The molecule has 1 aromatic rings. The molecule has 2 heteroatoms. The molecule has 0 amide bonds. The number of benzene rings is 1. The van der Waals surface area contributed by atoms with Crippen LogP contribution >= 0.6 is 0 Å². The van der Waals surface area contributed by atoms with E-state index < -0.39 is 0 Å². The first kappa shape index (κ1) is 12.2. The molecule has 2 rings (SSSR count).